The third kappa shape index (κ3) is 5.93. The van der Waals surface area contributed by atoms with E-state index in [-0.39, 0.29) is 12.6 Å². The highest BCUT2D eigenvalue weighted by Crippen LogP contribution is 2.20. The molecule has 1 aromatic rings. The lowest BCUT2D eigenvalue weighted by Crippen LogP contribution is -2.35. The van der Waals surface area contributed by atoms with Gasteiger partial charge in [-0.25, -0.2) is 4.79 Å². The number of rotatable bonds is 8. The number of aliphatic hydroxyl groups is 1. The third-order valence-electron chi connectivity index (χ3n) is 2.74. The van der Waals surface area contributed by atoms with E-state index in [0.29, 0.717) is 26.1 Å². The molecule has 0 bridgehead atoms. The van der Waals surface area contributed by atoms with E-state index < -0.39 is 0 Å². The summed E-state index contributed by atoms with van der Waals surface area (Å²) in [5.74, 6) is 0.822. The summed E-state index contributed by atoms with van der Waals surface area (Å²) in [6.07, 6.45) is 1.51. The van der Waals surface area contributed by atoms with Crippen molar-refractivity contribution in [1.82, 2.24) is 10.6 Å². The number of aliphatic hydroxyl groups excluding tert-OH is 1. The van der Waals surface area contributed by atoms with Crippen LogP contribution in [0.25, 0.3) is 0 Å². The Labute approximate surface area is 120 Å². The van der Waals surface area contributed by atoms with Crippen molar-refractivity contribution in [2.24, 2.45) is 0 Å². The molecule has 1 rings (SSSR count). The highest BCUT2D eigenvalue weighted by Gasteiger charge is 2.06. The van der Waals surface area contributed by atoms with Gasteiger partial charge < -0.3 is 20.5 Å². The summed E-state index contributed by atoms with van der Waals surface area (Å²) in [7, 11) is 0. The first kappa shape index (κ1) is 16.3. The van der Waals surface area contributed by atoms with Crippen molar-refractivity contribution in [3.8, 4) is 5.75 Å². The Kier molecular flexibility index (Phi) is 7.50. The minimum atomic E-state index is -0.236. The maximum Gasteiger partial charge on any atom is 0.315 e. The maximum absolute atomic E-state index is 11.5. The fraction of sp³-hybridized carbons (Fsp3) is 0.533. The second-order valence-electron chi connectivity index (χ2n) is 4.65. The Hall–Kier alpha value is -1.75. The molecule has 0 aliphatic rings. The first-order valence-corrected chi connectivity index (χ1v) is 7.02. The van der Waals surface area contributed by atoms with Crippen molar-refractivity contribution in [3.05, 3.63) is 29.3 Å². The maximum atomic E-state index is 11.5. The van der Waals surface area contributed by atoms with Gasteiger partial charge in [-0.05, 0) is 31.4 Å². The Balaban J connectivity index is 2.51. The Morgan fingerprint density at radius 3 is 2.85 bits per heavy atom. The average Bonchev–Trinajstić information content (AvgIpc) is 2.44. The molecule has 0 radical (unpaired) electrons. The zero-order valence-electron chi connectivity index (χ0n) is 12.2. The molecular weight excluding hydrogens is 256 g/mol. The van der Waals surface area contributed by atoms with Crippen LogP contribution >= 0.6 is 0 Å². The number of ether oxygens (including phenoxy) is 1. The molecule has 1 aromatic carbocycles. The Morgan fingerprint density at radius 1 is 1.35 bits per heavy atom. The van der Waals surface area contributed by atoms with Crippen LogP contribution in [0.3, 0.4) is 0 Å². The first-order valence-electron chi connectivity index (χ1n) is 7.02. The molecule has 0 aliphatic carbocycles. The molecule has 5 heteroatoms. The molecule has 0 spiro atoms. The van der Waals surface area contributed by atoms with Gasteiger partial charge in [-0.15, -0.1) is 0 Å². The van der Waals surface area contributed by atoms with Crippen LogP contribution in [0, 0.1) is 6.92 Å². The number of urea groups is 1. The number of benzene rings is 1. The van der Waals surface area contributed by atoms with E-state index in [4.69, 9.17) is 9.84 Å². The smallest absolute Gasteiger partial charge is 0.315 e. The molecule has 0 saturated carbocycles. The minimum Gasteiger partial charge on any atom is -0.493 e. The summed E-state index contributed by atoms with van der Waals surface area (Å²) in [4.78, 5) is 11.5. The van der Waals surface area contributed by atoms with E-state index in [9.17, 15) is 4.79 Å². The van der Waals surface area contributed by atoms with Gasteiger partial charge in [0.2, 0.25) is 0 Å². The van der Waals surface area contributed by atoms with Gasteiger partial charge in [0, 0.05) is 25.3 Å². The molecule has 3 N–H and O–H groups in total. The molecule has 0 unspecified atom stereocenters. The second-order valence-corrected chi connectivity index (χ2v) is 4.65. The van der Waals surface area contributed by atoms with Gasteiger partial charge in [0.1, 0.15) is 5.75 Å². The quantitative estimate of drug-likeness (QED) is 0.638. The van der Waals surface area contributed by atoms with Crippen molar-refractivity contribution in [2.75, 3.05) is 19.8 Å². The third-order valence-corrected chi connectivity index (χ3v) is 2.74. The predicted octanol–water partition coefficient (Wildman–Crippen LogP) is 1.97. The van der Waals surface area contributed by atoms with Crippen LogP contribution in [0.2, 0.25) is 0 Å². The zero-order chi connectivity index (χ0) is 14.8. The van der Waals surface area contributed by atoms with Crippen LogP contribution in [-0.4, -0.2) is 30.9 Å². The van der Waals surface area contributed by atoms with Crippen molar-refractivity contribution >= 4 is 6.03 Å². The van der Waals surface area contributed by atoms with E-state index in [2.05, 4.69) is 17.6 Å². The van der Waals surface area contributed by atoms with Crippen molar-refractivity contribution in [3.63, 3.8) is 0 Å². The number of carbonyl (C=O) groups excluding carboxylic acids is 1. The summed E-state index contributed by atoms with van der Waals surface area (Å²) in [5.41, 5.74) is 2.09. The number of hydrogen-bond donors (Lipinski definition) is 3. The van der Waals surface area contributed by atoms with Gasteiger partial charge in [-0.3, -0.25) is 0 Å². The molecule has 112 valence electrons. The lowest BCUT2D eigenvalue weighted by Gasteiger charge is -2.13. The second kappa shape index (κ2) is 9.20. The monoisotopic (exact) mass is 280 g/mol. The van der Waals surface area contributed by atoms with Crippen LogP contribution in [-0.2, 0) is 6.54 Å². The normalized spacial score (nSPS) is 10.2. The van der Waals surface area contributed by atoms with Gasteiger partial charge in [0.25, 0.3) is 0 Å². The number of aryl methyl sites for hydroxylation is 1. The van der Waals surface area contributed by atoms with Crippen LogP contribution in [0.1, 0.15) is 30.9 Å². The average molecular weight is 280 g/mol. The predicted molar refractivity (Wildman–Crippen MR) is 78.9 cm³/mol. The van der Waals surface area contributed by atoms with Gasteiger partial charge >= 0.3 is 6.03 Å². The van der Waals surface area contributed by atoms with Crippen LogP contribution in [0.4, 0.5) is 4.79 Å². The molecule has 0 heterocycles. The lowest BCUT2D eigenvalue weighted by molar-refractivity contribution is 0.237. The lowest BCUT2D eigenvalue weighted by atomic mass is 10.1. The first-order chi connectivity index (χ1) is 9.67. The van der Waals surface area contributed by atoms with Gasteiger partial charge in [-0.1, -0.05) is 19.1 Å². The SMILES string of the molecule is CCCOc1cc(C)ccc1CNC(=O)NCCCO. The van der Waals surface area contributed by atoms with E-state index in [1.807, 2.05) is 25.1 Å². The Bertz CT molecular complexity index is 422. The minimum absolute atomic E-state index is 0.0766. The number of amides is 2. The number of nitrogens with one attached hydrogen (secondary N) is 2. The Morgan fingerprint density at radius 2 is 2.15 bits per heavy atom. The van der Waals surface area contributed by atoms with E-state index >= 15 is 0 Å². The van der Waals surface area contributed by atoms with Crippen LogP contribution in [0.5, 0.6) is 5.75 Å². The van der Waals surface area contributed by atoms with E-state index in [1.54, 1.807) is 0 Å². The summed E-state index contributed by atoms with van der Waals surface area (Å²) >= 11 is 0. The summed E-state index contributed by atoms with van der Waals surface area (Å²) < 4.78 is 5.69. The molecule has 0 fully saturated rings. The fourth-order valence-electron chi connectivity index (χ4n) is 1.67. The molecule has 0 aromatic heterocycles. The summed E-state index contributed by atoms with van der Waals surface area (Å²) in [5, 5.41) is 14.1. The number of carbonyl (C=O) groups is 1. The highest BCUT2D eigenvalue weighted by atomic mass is 16.5. The number of hydrogen-bond acceptors (Lipinski definition) is 3. The largest absolute Gasteiger partial charge is 0.493 e. The molecule has 0 aliphatic heterocycles. The van der Waals surface area contributed by atoms with Gasteiger partial charge in [0.05, 0.1) is 6.61 Å². The van der Waals surface area contributed by atoms with Gasteiger partial charge in [-0.2, -0.15) is 0 Å². The molecule has 5 nitrogen and oxygen atoms in total. The summed E-state index contributed by atoms with van der Waals surface area (Å²) in [6.45, 7) is 5.70. The molecule has 0 atom stereocenters. The molecule has 0 saturated heterocycles. The van der Waals surface area contributed by atoms with Crippen LogP contribution < -0.4 is 15.4 Å². The van der Waals surface area contributed by atoms with E-state index in [0.717, 1.165) is 23.3 Å². The summed E-state index contributed by atoms with van der Waals surface area (Å²) in [6, 6.07) is 5.71. The van der Waals surface area contributed by atoms with Gasteiger partial charge in [0.15, 0.2) is 0 Å². The van der Waals surface area contributed by atoms with Crippen LogP contribution in [0.15, 0.2) is 18.2 Å². The standard InChI is InChI=1S/C15H24N2O3/c1-3-9-20-14-10-12(2)5-6-13(14)11-17-15(19)16-7-4-8-18/h5-6,10,18H,3-4,7-9,11H2,1-2H3,(H2,16,17,19). The van der Waals surface area contributed by atoms with Crippen molar-refractivity contribution in [1.29, 1.82) is 0 Å². The highest BCUT2D eigenvalue weighted by molar-refractivity contribution is 5.73. The van der Waals surface area contributed by atoms with E-state index in [1.165, 1.54) is 0 Å². The van der Waals surface area contributed by atoms with Crippen molar-refractivity contribution in [2.45, 2.75) is 33.2 Å². The molecular formula is C15H24N2O3. The topological polar surface area (TPSA) is 70.6 Å². The van der Waals surface area contributed by atoms with Crippen molar-refractivity contribution < 1.29 is 14.6 Å². The molecule has 2 amide bonds. The fourth-order valence-corrected chi connectivity index (χ4v) is 1.67. The zero-order valence-corrected chi connectivity index (χ0v) is 12.2. The molecule has 20 heavy (non-hydrogen) atoms.